The fraction of sp³-hybridized carbons (Fsp3) is 0.929. The van der Waals surface area contributed by atoms with Crippen molar-refractivity contribution in [3.8, 4) is 0 Å². The van der Waals surface area contributed by atoms with E-state index < -0.39 is 5.60 Å². The van der Waals surface area contributed by atoms with Gasteiger partial charge >= 0.3 is 6.09 Å². The minimum atomic E-state index is -0.459. The molecule has 0 radical (unpaired) electrons. The Bertz CT molecular complexity index is 264. The number of ether oxygens (including phenoxy) is 1. The van der Waals surface area contributed by atoms with Gasteiger partial charge in [-0.2, -0.15) is 0 Å². The lowest BCUT2D eigenvalue weighted by Gasteiger charge is -2.28. The fourth-order valence-corrected chi connectivity index (χ4v) is 1.76. The molecule has 0 saturated carbocycles. The van der Waals surface area contributed by atoms with Gasteiger partial charge in [-0.05, 0) is 47.1 Å². The third-order valence-corrected chi connectivity index (χ3v) is 2.72. The molecule has 5 nitrogen and oxygen atoms in total. The third kappa shape index (κ3) is 9.73. The molecular weight excluding hydrogens is 244 g/mol. The Hall–Kier alpha value is -0.810. The van der Waals surface area contributed by atoms with Crippen LogP contribution < -0.4 is 10.6 Å². The molecule has 0 aromatic heterocycles. The molecule has 0 saturated heterocycles. The maximum Gasteiger partial charge on any atom is 0.407 e. The Labute approximate surface area is 117 Å². The quantitative estimate of drug-likeness (QED) is 0.592. The Morgan fingerprint density at radius 2 is 1.84 bits per heavy atom. The molecule has 0 aromatic rings. The molecule has 0 spiro atoms. The molecule has 114 valence electrons. The first-order valence-corrected chi connectivity index (χ1v) is 7.05. The van der Waals surface area contributed by atoms with E-state index in [1.54, 1.807) is 0 Å². The molecule has 3 N–H and O–H groups in total. The van der Waals surface area contributed by atoms with Crippen molar-refractivity contribution in [3.05, 3.63) is 0 Å². The second kappa shape index (κ2) is 8.38. The number of amides is 1. The van der Waals surface area contributed by atoms with Crippen molar-refractivity contribution >= 4 is 6.09 Å². The largest absolute Gasteiger partial charge is 0.444 e. The number of carbonyl (C=O) groups is 1. The van der Waals surface area contributed by atoms with Crippen LogP contribution in [-0.4, -0.2) is 42.0 Å². The molecule has 0 aliphatic heterocycles. The fourth-order valence-electron chi connectivity index (χ4n) is 1.76. The highest BCUT2D eigenvalue weighted by Gasteiger charge is 2.20. The zero-order chi connectivity index (χ0) is 14.9. The van der Waals surface area contributed by atoms with Crippen molar-refractivity contribution in [1.29, 1.82) is 0 Å². The van der Waals surface area contributed by atoms with E-state index in [0.717, 1.165) is 25.8 Å². The van der Waals surface area contributed by atoms with Gasteiger partial charge in [-0.25, -0.2) is 4.79 Å². The average molecular weight is 274 g/mol. The van der Waals surface area contributed by atoms with E-state index in [-0.39, 0.29) is 18.2 Å². The second-order valence-corrected chi connectivity index (χ2v) is 6.18. The summed E-state index contributed by atoms with van der Waals surface area (Å²) in [6, 6.07) is 0. The predicted octanol–water partition coefficient (Wildman–Crippen LogP) is 2.04. The molecular formula is C14H30N2O3. The van der Waals surface area contributed by atoms with Crippen LogP contribution in [0.1, 0.15) is 53.9 Å². The van der Waals surface area contributed by atoms with Gasteiger partial charge in [0, 0.05) is 12.1 Å². The van der Waals surface area contributed by atoms with E-state index in [2.05, 4.69) is 17.6 Å². The molecule has 0 heterocycles. The number of aliphatic hydroxyl groups excluding tert-OH is 1. The van der Waals surface area contributed by atoms with E-state index in [9.17, 15) is 9.90 Å². The van der Waals surface area contributed by atoms with E-state index >= 15 is 0 Å². The molecule has 0 aliphatic carbocycles. The Morgan fingerprint density at radius 1 is 1.21 bits per heavy atom. The molecule has 19 heavy (non-hydrogen) atoms. The summed E-state index contributed by atoms with van der Waals surface area (Å²) < 4.78 is 5.13. The van der Waals surface area contributed by atoms with Gasteiger partial charge in [0.2, 0.25) is 0 Å². The minimum absolute atomic E-state index is 0.125. The van der Waals surface area contributed by atoms with Gasteiger partial charge in [0.05, 0.1) is 6.61 Å². The van der Waals surface area contributed by atoms with Crippen LogP contribution in [0, 0.1) is 0 Å². The highest BCUT2D eigenvalue weighted by atomic mass is 16.6. The number of aliphatic hydroxyl groups is 1. The zero-order valence-corrected chi connectivity index (χ0v) is 13.0. The second-order valence-electron chi connectivity index (χ2n) is 6.18. The summed E-state index contributed by atoms with van der Waals surface area (Å²) in [5.74, 6) is 0. The SMILES string of the molecule is CCC[C@@](C)(CO)NCCCNC(=O)OC(C)(C)C. The van der Waals surface area contributed by atoms with Crippen LogP contribution in [0.25, 0.3) is 0 Å². The number of rotatable bonds is 8. The predicted molar refractivity (Wildman–Crippen MR) is 77.3 cm³/mol. The lowest BCUT2D eigenvalue weighted by Crippen LogP contribution is -2.46. The van der Waals surface area contributed by atoms with Gasteiger partial charge in [-0.1, -0.05) is 13.3 Å². The summed E-state index contributed by atoms with van der Waals surface area (Å²) in [5.41, 5.74) is -0.681. The van der Waals surface area contributed by atoms with Gasteiger partial charge < -0.3 is 20.5 Å². The van der Waals surface area contributed by atoms with Crippen LogP contribution in [0.2, 0.25) is 0 Å². The smallest absolute Gasteiger partial charge is 0.407 e. The molecule has 0 unspecified atom stereocenters. The lowest BCUT2D eigenvalue weighted by molar-refractivity contribution is 0.0526. The van der Waals surface area contributed by atoms with Gasteiger partial charge in [-0.3, -0.25) is 0 Å². The van der Waals surface area contributed by atoms with Crippen molar-refractivity contribution in [1.82, 2.24) is 10.6 Å². The Balaban J connectivity index is 3.73. The molecule has 0 rings (SSSR count). The van der Waals surface area contributed by atoms with Crippen LogP contribution in [-0.2, 0) is 4.74 Å². The lowest BCUT2D eigenvalue weighted by atomic mass is 9.97. The van der Waals surface area contributed by atoms with Gasteiger partial charge in [0.25, 0.3) is 0 Å². The highest BCUT2D eigenvalue weighted by molar-refractivity contribution is 5.67. The van der Waals surface area contributed by atoms with Crippen molar-refractivity contribution in [2.45, 2.75) is 65.0 Å². The van der Waals surface area contributed by atoms with Crippen LogP contribution in [0.5, 0.6) is 0 Å². The normalized spacial score (nSPS) is 14.8. The number of carbonyl (C=O) groups excluding carboxylic acids is 1. The highest BCUT2D eigenvalue weighted by Crippen LogP contribution is 2.10. The first-order chi connectivity index (χ1) is 8.72. The van der Waals surface area contributed by atoms with Gasteiger partial charge in [0.1, 0.15) is 5.60 Å². The monoisotopic (exact) mass is 274 g/mol. The molecule has 1 amide bonds. The number of nitrogens with one attached hydrogen (secondary N) is 2. The molecule has 0 bridgehead atoms. The first-order valence-electron chi connectivity index (χ1n) is 7.05. The summed E-state index contributed by atoms with van der Waals surface area (Å²) in [6.07, 6.45) is 2.38. The summed E-state index contributed by atoms with van der Waals surface area (Å²) in [4.78, 5) is 11.4. The van der Waals surface area contributed by atoms with Crippen LogP contribution in [0.15, 0.2) is 0 Å². The van der Waals surface area contributed by atoms with Crippen molar-refractivity contribution in [2.75, 3.05) is 19.7 Å². The first kappa shape index (κ1) is 18.2. The average Bonchev–Trinajstić information content (AvgIpc) is 2.26. The van der Waals surface area contributed by atoms with Gasteiger partial charge in [0.15, 0.2) is 0 Å². The van der Waals surface area contributed by atoms with Crippen LogP contribution >= 0.6 is 0 Å². The Kier molecular flexibility index (Phi) is 8.02. The standard InChI is InChI=1S/C14H30N2O3/c1-6-8-14(5,11-17)16-10-7-9-15-12(18)19-13(2,3)4/h16-17H,6-11H2,1-5H3,(H,15,18)/t14-/m0/s1. The van der Waals surface area contributed by atoms with E-state index in [1.807, 2.05) is 27.7 Å². The van der Waals surface area contributed by atoms with Crippen molar-refractivity contribution in [2.24, 2.45) is 0 Å². The summed E-state index contributed by atoms with van der Waals surface area (Å²) in [6.45, 7) is 11.1. The zero-order valence-electron chi connectivity index (χ0n) is 13.0. The Morgan fingerprint density at radius 3 is 2.32 bits per heavy atom. The minimum Gasteiger partial charge on any atom is -0.444 e. The third-order valence-electron chi connectivity index (χ3n) is 2.72. The number of alkyl carbamates (subject to hydrolysis) is 1. The van der Waals surface area contributed by atoms with E-state index in [1.165, 1.54) is 0 Å². The molecule has 1 atom stereocenters. The number of hydrogen-bond donors (Lipinski definition) is 3. The van der Waals surface area contributed by atoms with E-state index in [0.29, 0.717) is 6.54 Å². The molecule has 0 fully saturated rings. The summed E-state index contributed by atoms with van der Waals surface area (Å²) in [5, 5.41) is 15.4. The maximum atomic E-state index is 11.4. The molecule has 0 aliphatic rings. The topological polar surface area (TPSA) is 70.6 Å². The summed E-state index contributed by atoms with van der Waals surface area (Å²) in [7, 11) is 0. The van der Waals surface area contributed by atoms with Gasteiger partial charge in [-0.15, -0.1) is 0 Å². The summed E-state index contributed by atoms with van der Waals surface area (Å²) >= 11 is 0. The van der Waals surface area contributed by atoms with Crippen LogP contribution in [0.4, 0.5) is 4.79 Å². The van der Waals surface area contributed by atoms with Crippen LogP contribution in [0.3, 0.4) is 0 Å². The number of hydrogen-bond acceptors (Lipinski definition) is 4. The van der Waals surface area contributed by atoms with Crippen molar-refractivity contribution < 1.29 is 14.6 Å². The molecule has 0 aromatic carbocycles. The van der Waals surface area contributed by atoms with Crippen molar-refractivity contribution in [3.63, 3.8) is 0 Å². The molecule has 5 heteroatoms. The van der Waals surface area contributed by atoms with E-state index in [4.69, 9.17) is 4.74 Å². The maximum absolute atomic E-state index is 11.4.